The number of anilines is 2. The molecule has 0 spiro atoms. The van der Waals surface area contributed by atoms with E-state index in [2.05, 4.69) is 4.72 Å². The van der Waals surface area contributed by atoms with E-state index in [4.69, 9.17) is 10.2 Å². The Hall–Kier alpha value is -2.72. The number of carbonyl (C=O) groups is 2. The molecule has 0 saturated carbocycles. The van der Waals surface area contributed by atoms with Crippen LogP contribution in [-0.2, 0) is 10.0 Å². The molecule has 1 heterocycles. The number of carboxylic acids is 2. The van der Waals surface area contributed by atoms with Crippen LogP contribution in [0.3, 0.4) is 0 Å². The zero-order valence-corrected chi connectivity index (χ0v) is 16.0. The molecule has 2 aromatic rings. The van der Waals surface area contributed by atoms with Gasteiger partial charge in [0.25, 0.3) is 10.0 Å². The summed E-state index contributed by atoms with van der Waals surface area (Å²) in [5.74, 6) is -2.71. The van der Waals surface area contributed by atoms with Crippen LogP contribution in [0, 0.1) is 0 Å². The fourth-order valence-electron chi connectivity index (χ4n) is 2.65. The number of hydrogen-bond acceptors (Lipinski definition) is 6. The van der Waals surface area contributed by atoms with Gasteiger partial charge in [-0.2, -0.15) is 0 Å². The van der Waals surface area contributed by atoms with Crippen molar-refractivity contribution in [1.29, 1.82) is 0 Å². The largest absolute Gasteiger partial charge is 0.478 e. The predicted octanol–water partition coefficient (Wildman–Crippen LogP) is 2.77. The number of benzene rings is 2. The second kappa shape index (κ2) is 6.78. The Morgan fingerprint density at radius 3 is 2.22 bits per heavy atom. The van der Waals surface area contributed by atoms with E-state index in [0.717, 1.165) is 28.8 Å². The monoisotopic (exact) mass is 408 g/mol. The molecule has 0 aromatic heterocycles. The van der Waals surface area contributed by atoms with Crippen LogP contribution in [0.4, 0.5) is 11.4 Å². The van der Waals surface area contributed by atoms with E-state index in [1.54, 1.807) is 12.1 Å². The van der Waals surface area contributed by atoms with Gasteiger partial charge < -0.3 is 15.1 Å². The molecule has 8 nitrogen and oxygen atoms in total. The van der Waals surface area contributed by atoms with E-state index < -0.39 is 22.0 Å². The number of aromatic carboxylic acids is 2. The van der Waals surface area contributed by atoms with Crippen molar-refractivity contribution in [2.75, 3.05) is 16.7 Å². The SMILES string of the molecule is CC1Sc2cc(S(=O)(=O)Nc3cc(C(=O)O)cc(C(=O)O)c3)ccc2N1C. The van der Waals surface area contributed by atoms with Gasteiger partial charge in [0.15, 0.2) is 0 Å². The summed E-state index contributed by atoms with van der Waals surface area (Å²) < 4.78 is 27.7. The van der Waals surface area contributed by atoms with Gasteiger partial charge in [0.05, 0.1) is 32.8 Å². The van der Waals surface area contributed by atoms with Crippen molar-refractivity contribution in [3.05, 3.63) is 47.5 Å². The molecule has 0 amide bonds. The van der Waals surface area contributed by atoms with E-state index in [1.807, 2.05) is 18.9 Å². The number of hydrogen-bond donors (Lipinski definition) is 3. The van der Waals surface area contributed by atoms with Crippen molar-refractivity contribution in [3.63, 3.8) is 0 Å². The molecule has 1 unspecified atom stereocenters. The maximum absolute atomic E-state index is 12.7. The maximum atomic E-state index is 12.7. The van der Waals surface area contributed by atoms with Crippen molar-refractivity contribution in [2.24, 2.45) is 0 Å². The summed E-state index contributed by atoms with van der Waals surface area (Å²) in [4.78, 5) is 25.2. The number of thioether (sulfide) groups is 1. The molecule has 1 atom stereocenters. The lowest BCUT2D eigenvalue weighted by Gasteiger charge is -2.17. The van der Waals surface area contributed by atoms with Crippen LogP contribution in [0.15, 0.2) is 46.2 Å². The fraction of sp³-hybridized carbons (Fsp3) is 0.176. The van der Waals surface area contributed by atoms with Gasteiger partial charge in [0.2, 0.25) is 0 Å². The van der Waals surface area contributed by atoms with E-state index >= 15 is 0 Å². The minimum Gasteiger partial charge on any atom is -0.478 e. The summed E-state index contributed by atoms with van der Waals surface area (Å²) >= 11 is 1.53. The fourth-order valence-corrected chi connectivity index (χ4v) is 4.96. The van der Waals surface area contributed by atoms with E-state index in [-0.39, 0.29) is 27.1 Å². The van der Waals surface area contributed by atoms with Crippen molar-refractivity contribution >= 4 is 45.1 Å². The first-order valence-corrected chi connectivity index (χ1v) is 10.1. The highest BCUT2D eigenvalue weighted by atomic mass is 32.2. The van der Waals surface area contributed by atoms with Gasteiger partial charge in [-0.05, 0) is 43.3 Å². The third-order valence-corrected chi connectivity index (χ3v) is 6.76. The molecule has 1 aliphatic rings. The Balaban J connectivity index is 1.97. The van der Waals surface area contributed by atoms with Crippen LogP contribution >= 0.6 is 11.8 Å². The zero-order valence-electron chi connectivity index (χ0n) is 14.3. The molecule has 0 radical (unpaired) electrons. The third kappa shape index (κ3) is 3.71. The molecule has 0 bridgehead atoms. The molecule has 3 rings (SSSR count). The number of sulfonamides is 1. The standard InChI is InChI=1S/C17H16N2O6S2/c1-9-19(2)14-4-3-13(8-15(14)26-9)27(24,25)18-12-6-10(16(20)21)5-11(7-12)17(22)23/h3-9,18H,1-2H3,(H,20,21)(H,22,23). The minimum absolute atomic E-state index is 0.00820. The van der Waals surface area contributed by atoms with Gasteiger partial charge in [-0.25, -0.2) is 18.0 Å². The highest BCUT2D eigenvalue weighted by Crippen LogP contribution is 2.43. The predicted molar refractivity (Wildman–Crippen MR) is 101 cm³/mol. The Kier molecular flexibility index (Phi) is 4.79. The van der Waals surface area contributed by atoms with Crippen molar-refractivity contribution in [3.8, 4) is 0 Å². The molecule has 2 aromatic carbocycles. The van der Waals surface area contributed by atoms with Crippen LogP contribution in [0.2, 0.25) is 0 Å². The summed E-state index contributed by atoms with van der Waals surface area (Å²) in [6, 6.07) is 7.81. The first kappa shape index (κ1) is 19.1. The molecule has 1 aliphatic heterocycles. The molecular formula is C17H16N2O6S2. The Morgan fingerprint density at radius 1 is 1.07 bits per heavy atom. The molecule has 0 fully saturated rings. The molecule has 27 heavy (non-hydrogen) atoms. The number of nitrogens with one attached hydrogen (secondary N) is 1. The molecule has 142 valence electrons. The molecule has 0 aliphatic carbocycles. The van der Waals surface area contributed by atoms with Crippen LogP contribution in [-0.4, -0.2) is 43.0 Å². The first-order valence-electron chi connectivity index (χ1n) is 7.76. The van der Waals surface area contributed by atoms with Gasteiger partial charge in [-0.1, -0.05) is 11.8 Å². The maximum Gasteiger partial charge on any atom is 0.335 e. The Bertz CT molecular complexity index is 1020. The quantitative estimate of drug-likeness (QED) is 0.690. The van der Waals surface area contributed by atoms with Gasteiger partial charge >= 0.3 is 11.9 Å². The molecular weight excluding hydrogens is 392 g/mol. The van der Waals surface area contributed by atoms with Crippen LogP contribution in [0.25, 0.3) is 0 Å². The second-order valence-corrected chi connectivity index (χ2v) is 9.01. The summed E-state index contributed by atoms with van der Waals surface area (Å²) in [7, 11) is -2.11. The Morgan fingerprint density at radius 2 is 1.67 bits per heavy atom. The topological polar surface area (TPSA) is 124 Å². The minimum atomic E-state index is -4.02. The van der Waals surface area contributed by atoms with Crippen LogP contribution in [0.5, 0.6) is 0 Å². The average Bonchev–Trinajstić information content (AvgIpc) is 2.88. The smallest absolute Gasteiger partial charge is 0.335 e. The third-order valence-electron chi connectivity index (χ3n) is 4.14. The van der Waals surface area contributed by atoms with Gasteiger partial charge in [-0.3, -0.25) is 4.72 Å². The van der Waals surface area contributed by atoms with Gasteiger partial charge in [0.1, 0.15) is 0 Å². The van der Waals surface area contributed by atoms with Gasteiger partial charge in [0, 0.05) is 11.9 Å². The van der Waals surface area contributed by atoms with Crippen LogP contribution < -0.4 is 9.62 Å². The average molecular weight is 408 g/mol. The summed E-state index contributed by atoms with van der Waals surface area (Å²) in [6.07, 6.45) is 0. The van der Waals surface area contributed by atoms with E-state index in [1.165, 1.54) is 17.8 Å². The summed E-state index contributed by atoms with van der Waals surface area (Å²) in [5, 5.41) is 18.4. The van der Waals surface area contributed by atoms with Gasteiger partial charge in [-0.15, -0.1) is 0 Å². The number of rotatable bonds is 5. The molecule has 0 saturated heterocycles. The lowest BCUT2D eigenvalue weighted by Crippen LogP contribution is -2.20. The summed E-state index contributed by atoms with van der Waals surface area (Å²) in [6.45, 7) is 2.00. The van der Waals surface area contributed by atoms with Crippen LogP contribution in [0.1, 0.15) is 27.6 Å². The van der Waals surface area contributed by atoms with E-state index in [9.17, 15) is 18.0 Å². The van der Waals surface area contributed by atoms with Crippen molar-refractivity contribution in [2.45, 2.75) is 22.1 Å². The highest BCUT2D eigenvalue weighted by molar-refractivity contribution is 8.00. The highest BCUT2D eigenvalue weighted by Gasteiger charge is 2.26. The van der Waals surface area contributed by atoms with Crippen molar-refractivity contribution < 1.29 is 28.2 Å². The lowest BCUT2D eigenvalue weighted by atomic mass is 10.1. The molecule has 3 N–H and O–H groups in total. The number of fused-ring (bicyclic) bond motifs is 1. The number of nitrogens with zero attached hydrogens (tertiary/aromatic N) is 1. The lowest BCUT2D eigenvalue weighted by molar-refractivity contribution is 0.0696. The Labute approximate surface area is 159 Å². The van der Waals surface area contributed by atoms with E-state index in [0.29, 0.717) is 0 Å². The second-order valence-electron chi connectivity index (χ2n) is 5.97. The first-order chi connectivity index (χ1) is 12.6. The molecule has 10 heteroatoms. The zero-order chi connectivity index (χ0) is 19.9. The number of carboxylic acid groups (broad SMARTS) is 2. The summed E-state index contributed by atoms with van der Waals surface area (Å²) in [5.41, 5.74) is 0.138. The van der Waals surface area contributed by atoms with Crippen molar-refractivity contribution in [1.82, 2.24) is 0 Å². The normalized spacial score (nSPS) is 16.1.